The fourth-order valence-corrected chi connectivity index (χ4v) is 1.88. The molecule has 0 fully saturated rings. The van der Waals surface area contributed by atoms with E-state index in [4.69, 9.17) is 18.0 Å². The number of aromatic amines is 1. The molecule has 3 nitrogen and oxygen atoms in total. The van der Waals surface area contributed by atoms with E-state index in [1.54, 1.807) is 0 Å². The van der Waals surface area contributed by atoms with Crippen LogP contribution in [0.3, 0.4) is 0 Å². The number of nitrogens with one attached hydrogen (secondary N) is 2. The van der Waals surface area contributed by atoms with Gasteiger partial charge in [-0.3, -0.25) is 0 Å². The molecular weight excluding hydrogens is 218 g/mol. The van der Waals surface area contributed by atoms with Crippen LogP contribution in [0.15, 0.2) is 30.5 Å². The lowest BCUT2D eigenvalue weighted by atomic mass is 10.1. The monoisotopic (exact) mass is 233 g/mol. The summed E-state index contributed by atoms with van der Waals surface area (Å²) in [6, 6.07) is 8.31. The second kappa shape index (κ2) is 5.09. The van der Waals surface area contributed by atoms with Gasteiger partial charge in [0, 0.05) is 23.6 Å². The molecule has 0 atom stereocenters. The third-order valence-electron chi connectivity index (χ3n) is 2.55. The molecular formula is C12H15N3S. The standard InChI is InChI=1S/C12H15N3S/c13-12(16)8-14-6-5-9-7-15-11-4-2-1-3-10(9)11/h1-4,7,14-15H,5-6,8H2,(H2,13,16). The zero-order valence-corrected chi connectivity index (χ0v) is 9.81. The summed E-state index contributed by atoms with van der Waals surface area (Å²) in [7, 11) is 0. The molecule has 2 rings (SSSR count). The number of para-hydroxylation sites is 1. The number of benzene rings is 1. The van der Waals surface area contributed by atoms with E-state index in [1.807, 2.05) is 6.07 Å². The highest BCUT2D eigenvalue weighted by molar-refractivity contribution is 7.80. The second-order valence-corrected chi connectivity index (χ2v) is 4.28. The van der Waals surface area contributed by atoms with Gasteiger partial charge < -0.3 is 16.0 Å². The molecule has 0 aliphatic carbocycles. The van der Waals surface area contributed by atoms with Crippen LogP contribution in [0.2, 0.25) is 0 Å². The summed E-state index contributed by atoms with van der Waals surface area (Å²) in [6.07, 6.45) is 3.04. The number of hydrogen-bond donors (Lipinski definition) is 3. The maximum Gasteiger partial charge on any atom is 0.0867 e. The summed E-state index contributed by atoms with van der Waals surface area (Å²) in [5, 5.41) is 4.50. The fourth-order valence-electron chi connectivity index (χ4n) is 1.77. The molecule has 0 aliphatic rings. The summed E-state index contributed by atoms with van der Waals surface area (Å²) in [6.45, 7) is 1.50. The molecule has 0 saturated carbocycles. The molecule has 0 radical (unpaired) electrons. The Bertz CT molecular complexity index is 490. The Kier molecular flexibility index (Phi) is 3.54. The van der Waals surface area contributed by atoms with Crippen LogP contribution in [0.25, 0.3) is 10.9 Å². The zero-order valence-electron chi connectivity index (χ0n) is 8.99. The average molecular weight is 233 g/mol. The van der Waals surface area contributed by atoms with E-state index in [0.29, 0.717) is 11.5 Å². The van der Waals surface area contributed by atoms with Crippen LogP contribution in [0.4, 0.5) is 0 Å². The van der Waals surface area contributed by atoms with Gasteiger partial charge in [-0.1, -0.05) is 30.4 Å². The molecule has 1 aromatic heterocycles. The van der Waals surface area contributed by atoms with E-state index in [9.17, 15) is 0 Å². The lowest BCUT2D eigenvalue weighted by molar-refractivity contribution is 0.762. The number of rotatable bonds is 5. The first-order valence-corrected chi connectivity index (χ1v) is 5.72. The summed E-state index contributed by atoms with van der Waals surface area (Å²) < 4.78 is 0. The molecule has 0 spiro atoms. The quantitative estimate of drug-likeness (QED) is 0.543. The number of thiocarbonyl (C=S) groups is 1. The lowest BCUT2D eigenvalue weighted by Gasteiger charge is -2.02. The summed E-state index contributed by atoms with van der Waals surface area (Å²) in [5.74, 6) is 0. The van der Waals surface area contributed by atoms with Gasteiger partial charge in [0.2, 0.25) is 0 Å². The highest BCUT2D eigenvalue weighted by atomic mass is 32.1. The molecule has 0 saturated heterocycles. The predicted molar refractivity (Wildman–Crippen MR) is 71.7 cm³/mol. The molecule has 1 heterocycles. The summed E-state index contributed by atoms with van der Waals surface area (Å²) in [4.78, 5) is 3.77. The van der Waals surface area contributed by atoms with E-state index < -0.39 is 0 Å². The Balaban J connectivity index is 1.97. The van der Waals surface area contributed by atoms with E-state index >= 15 is 0 Å². The largest absolute Gasteiger partial charge is 0.392 e. The average Bonchev–Trinajstić information content (AvgIpc) is 2.68. The van der Waals surface area contributed by atoms with Crippen molar-refractivity contribution in [3.63, 3.8) is 0 Å². The number of hydrogen-bond acceptors (Lipinski definition) is 2. The van der Waals surface area contributed by atoms with E-state index in [-0.39, 0.29) is 0 Å². The van der Waals surface area contributed by atoms with E-state index in [0.717, 1.165) is 13.0 Å². The molecule has 84 valence electrons. The van der Waals surface area contributed by atoms with Crippen molar-refractivity contribution in [2.45, 2.75) is 6.42 Å². The van der Waals surface area contributed by atoms with Gasteiger partial charge in [-0.05, 0) is 24.6 Å². The Morgan fingerprint density at radius 2 is 2.19 bits per heavy atom. The van der Waals surface area contributed by atoms with Crippen LogP contribution in [0, 0.1) is 0 Å². The maximum atomic E-state index is 5.41. The third kappa shape index (κ3) is 2.59. The Labute approximate surface area is 100 Å². The molecule has 1 aromatic carbocycles. The van der Waals surface area contributed by atoms with Crippen LogP contribution >= 0.6 is 12.2 Å². The van der Waals surface area contributed by atoms with E-state index in [2.05, 4.69) is 34.7 Å². The van der Waals surface area contributed by atoms with Gasteiger partial charge in [0.05, 0.1) is 4.99 Å². The lowest BCUT2D eigenvalue weighted by Crippen LogP contribution is -2.28. The number of aromatic nitrogens is 1. The van der Waals surface area contributed by atoms with Gasteiger partial charge in [0.25, 0.3) is 0 Å². The normalized spacial score (nSPS) is 10.8. The van der Waals surface area contributed by atoms with Crippen LogP contribution in [0.5, 0.6) is 0 Å². The molecule has 4 N–H and O–H groups in total. The minimum absolute atomic E-state index is 0.513. The summed E-state index contributed by atoms with van der Waals surface area (Å²) in [5.41, 5.74) is 7.92. The van der Waals surface area contributed by atoms with Gasteiger partial charge in [-0.25, -0.2) is 0 Å². The van der Waals surface area contributed by atoms with Crippen molar-refractivity contribution < 1.29 is 0 Å². The number of nitrogens with two attached hydrogens (primary N) is 1. The Hall–Kier alpha value is -1.39. The Morgan fingerprint density at radius 1 is 1.38 bits per heavy atom. The van der Waals surface area contributed by atoms with Crippen molar-refractivity contribution in [1.29, 1.82) is 0 Å². The smallest absolute Gasteiger partial charge is 0.0867 e. The minimum Gasteiger partial charge on any atom is -0.392 e. The highest BCUT2D eigenvalue weighted by Gasteiger charge is 2.01. The summed E-state index contributed by atoms with van der Waals surface area (Å²) >= 11 is 4.80. The van der Waals surface area contributed by atoms with Crippen molar-refractivity contribution in [3.8, 4) is 0 Å². The topological polar surface area (TPSA) is 53.8 Å². The molecule has 16 heavy (non-hydrogen) atoms. The van der Waals surface area contributed by atoms with Crippen molar-refractivity contribution in [2.75, 3.05) is 13.1 Å². The molecule has 0 unspecified atom stereocenters. The van der Waals surface area contributed by atoms with Gasteiger partial charge in [-0.2, -0.15) is 0 Å². The SMILES string of the molecule is NC(=S)CNCCc1c[nH]c2ccccc12. The van der Waals surface area contributed by atoms with Crippen LogP contribution in [-0.2, 0) is 6.42 Å². The van der Waals surface area contributed by atoms with Crippen molar-refractivity contribution >= 4 is 28.1 Å². The number of fused-ring (bicyclic) bond motifs is 1. The maximum absolute atomic E-state index is 5.41. The van der Waals surface area contributed by atoms with Crippen molar-refractivity contribution in [3.05, 3.63) is 36.0 Å². The third-order valence-corrected chi connectivity index (χ3v) is 2.69. The Morgan fingerprint density at radius 3 is 3.00 bits per heavy atom. The van der Waals surface area contributed by atoms with Crippen molar-refractivity contribution in [2.24, 2.45) is 5.73 Å². The molecule has 0 amide bonds. The van der Waals surface area contributed by atoms with Crippen LogP contribution in [-0.4, -0.2) is 23.1 Å². The van der Waals surface area contributed by atoms with Gasteiger partial charge in [0.15, 0.2) is 0 Å². The molecule has 2 aromatic rings. The first kappa shape index (κ1) is 11.1. The van der Waals surface area contributed by atoms with E-state index in [1.165, 1.54) is 16.5 Å². The molecule has 0 bridgehead atoms. The minimum atomic E-state index is 0.513. The van der Waals surface area contributed by atoms with Crippen molar-refractivity contribution in [1.82, 2.24) is 10.3 Å². The molecule has 4 heteroatoms. The highest BCUT2D eigenvalue weighted by Crippen LogP contribution is 2.17. The second-order valence-electron chi connectivity index (χ2n) is 3.75. The van der Waals surface area contributed by atoms with Gasteiger partial charge >= 0.3 is 0 Å². The molecule has 0 aliphatic heterocycles. The zero-order chi connectivity index (χ0) is 11.4. The number of H-pyrrole nitrogens is 1. The van der Waals surface area contributed by atoms with Crippen LogP contribution in [0.1, 0.15) is 5.56 Å². The fraction of sp³-hybridized carbons (Fsp3) is 0.250. The predicted octanol–water partition coefficient (Wildman–Crippen LogP) is 1.59. The van der Waals surface area contributed by atoms with Gasteiger partial charge in [-0.15, -0.1) is 0 Å². The van der Waals surface area contributed by atoms with Crippen LogP contribution < -0.4 is 11.1 Å². The first-order chi connectivity index (χ1) is 7.77. The van der Waals surface area contributed by atoms with Gasteiger partial charge in [0.1, 0.15) is 0 Å². The first-order valence-electron chi connectivity index (χ1n) is 5.31.